The minimum absolute atomic E-state index is 0.0857. The summed E-state index contributed by atoms with van der Waals surface area (Å²) in [6, 6.07) is 13.0. The van der Waals surface area contributed by atoms with Crippen LogP contribution in [0.5, 0.6) is 5.75 Å². The maximum Gasteiger partial charge on any atom is 0.243 e. The Morgan fingerprint density at radius 2 is 1.88 bits per heavy atom. The van der Waals surface area contributed by atoms with Gasteiger partial charge in [-0.05, 0) is 37.1 Å². The summed E-state index contributed by atoms with van der Waals surface area (Å²) in [6.07, 6.45) is 0. The van der Waals surface area contributed by atoms with E-state index < -0.39 is 0 Å². The molecule has 1 heterocycles. The van der Waals surface area contributed by atoms with Gasteiger partial charge in [0.15, 0.2) is 0 Å². The Balaban J connectivity index is 1.73. The van der Waals surface area contributed by atoms with E-state index in [9.17, 15) is 9.90 Å². The Bertz CT molecular complexity index is 779. The molecule has 5 heteroatoms. The molecule has 0 aromatic heterocycles. The lowest BCUT2D eigenvalue weighted by atomic mass is 10.1. The van der Waals surface area contributed by atoms with Crippen LogP contribution in [0.1, 0.15) is 16.7 Å². The number of aromatic hydroxyl groups is 1. The molecule has 24 heavy (non-hydrogen) atoms. The number of carbonyl (C=O) groups excluding carboxylic acids is 1. The molecule has 3 rings (SSSR count). The van der Waals surface area contributed by atoms with Crippen molar-refractivity contribution in [3.63, 3.8) is 0 Å². The van der Waals surface area contributed by atoms with Crippen LogP contribution in [0.3, 0.4) is 0 Å². The lowest BCUT2D eigenvalue weighted by Gasteiger charge is -2.21. The zero-order valence-electron chi connectivity index (χ0n) is 13.9. The van der Waals surface area contributed by atoms with Crippen molar-refractivity contribution in [2.75, 3.05) is 25.0 Å². The Hall–Kier alpha value is -2.82. The van der Waals surface area contributed by atoms with Gasteiger partial charge in [-0.15, -0.1) is 0 Å². The number of carbonyl (C=O) groups is 1. The van der Waals surface area contributed by atoms with Gasteiger partial charge in [0.25, 0.3) is 0 Å². The first-order valence-electron chi connectivity index (χ1n) is 8.00. The highest BCUT2D eigenvalue weighted by Crippen LogP contribution is 2.22. The lowest BCUT2D eigenvalue weighted by molar-refractivity contribution is -0.116. The molecular weight excluding hydrogens is 302 g/mol. The van der Waals surface area contributed by atoms with Crippen LogP contribution in [0.25, 0.3) is 0 Å². The molecule has 2 N–H and O–H groups in total. The Morgan fingerprint density at radius 1 is 1.17 bits per heavy atom. The first-order valence-corrected chi connectivity index (χ1v) is 8.00. The third-order valence-electron chi connectivity index (χ3n) is 4.16. The van der Waals surface area contributed by atoms with Crippen molar-refractivity contribution in [3.8, 4) is 5.75 Å². The van der Waals surface area contributed by atoms with Crippen molar-refractivity contribution in [1.29, 1.82) is 0 Å². The molecule has 1 aliphatic heterocycles. The van der Waals surface area contributed by atoms with Crippen LogP contribution < -0.4 is 5.32 Å². The molecule has 0 bridgehead atoms. The van der Waals surface area contributed by atoms with Gasteiger partial charge in [-0.3, -0.25) is 9.79 Å². The van der Waals surface area contributed by atoms with Gasteiger partial charge in [0.1, 0.15) is 11.6 Å². The van der Waals surface area contributed by atoms with Gasteiger partial charge < -0.3 is 15.3 Å². The molecule has 0 spiro atoms. The summed E-state index contributed by atoms with van der Waals surface area (Å²) in [4.78, 5) is 18.8. The first kappa shape index (κ1) is 16.1. The number of nitrogens with one attached hydrogen (secondary N) is 1. The van der Waals surface area contributed by atoms with Crippen molar-refractivity contribution >= 4 is 17.4 Å². The van der Waals surface area contributed by atoms with E-state index in [-0.39, 0.29) is 18.2 Å². The average Bonchev–Trinajstić information content (AvgIpc) is 2.99. The Morgan fingerprint density at radius 3 is 2.58 bits per heavy atom. The summed E-state index contributed by atoms with van der Waals surface area (Å²) >= 11 is 0. The SMILES string of the molecule is Cc1cccc(C)c1NC(=O)CN1CCN=C1c1ccccc1O. The molecule has 0 fully saturated rings. The summed E-state index contributed by atoms with van der Waals surface area (Å²) < 4.78 is 0. The van der Waals surface area contributed by atoms with Gasteiger partial charge in [-0.25, -0.2) is 0 Å². The van der Waals surface area contributed by atoms with E-state index in [1.807, 2.05) is 49.1 Å². The highest BCUT2D eigenvalue weighted by Gasteiger charge is 2.23. The predicted molar refractivity (Wildman–Crippen MR) is 95.6 cm³/mol. The normalized spacial score (nSPS) is 13.8. The van der Waals surface area contributed by atoms with Gasteiger partial charge in [0.2, 0.25) is 5.91 Å². The standard InChI is InChI=1S/C19H21N3O2/c1-13-6-5-7-14(2)18(13)21-17(24)12-22-11-10-20-19(22)15-8-3-4-9-16(15)23/h3-9,23H,10-12H2,1-2H3,(H,21,24). The smallest absolute Gasteiger partial charge is 0.243 e. The number of anilines is 1. The van der Waals surface area contributed by atoms with Crippen LogP contribution in [0.4, 0.5) is 5.69 Å². The number of para-hydroxylation sites is 2. The van der Waals surface area contributed by atoms with E-state index in [1.54, 1.807) is 12.1 Å². The van der Waals surface area contributed by atoms with Crippen LogP contribution >= 0.6 is 0 Å². The van der Waals surface area contributed by atoms with Crippen molar-refractivity contribution in [3.05, 3.63) is 59.2 Å². The molecule has 0 atom stereocenters. The van der Waals surface area contributed by atoms with Crippen LogP contribution in [0.15, 0.2) is 47.5 Å². The fourth-order valence-electron chi connectivity index (χ4n) is 2.92. The van der Waals surface area contributed by atoms with Crippen LogP contribution in [0, 0.1) is 13.8 Å². The second-order valence-electron chi connectivity index (χ2n) is 5.96. The summed E-state index contributed by atoms with van der Waals surface area (Å²) in [7, 11) is 0. The van der Waals surface area contributed by atoms with E-state index in [2.05, 4.69) is 10.3 Å². The monoisotopic (exact) mass is 323 g/mol. The molecule has 2 aromatic carbocycles. The number of aryl methyl sites for hydroxylation is 2. The maximum atomic E-state index is 12.5. The number of aliphatic imine (C=N–C) groups is 1. The van der Waals surface area contributed by atoms with E-state index in [0.717, 1.165) is 16.8 Å². The third-order valence-corrected chi connectivity index (χ3v) is 4.16. The second-order valence-corrected chi connectivity index (χ2v) is 5.96. The number of nitrogens with zero attached hydrogens (tertiary/aromatic N) is 2. The molecule has 0 aliphatic carbocycles. The van der Waals surface area contributed by atoms with Crippen LogP contribution in [-0.4, -0.2) is 41.4 Å². The molecule has 2 aromatic rings. The average molecular weight is 323 g/mol. The number of hydrogen-bond acceptors (Lipinski definition) is 4. The lowest BCUT2D eigenvalue weighted by Crippen LogP contribution is -2.36. The molecular formula is C19H21N3O2. The van der Waals surface area contributed by atoms with Gasteiger partial charge in [0.05, 0.1) is 18.7 Å². The van der Waals surface area contributed by atoms with Crippen molar-refractivity contribution in [2.45, 2.75) is 13.8 Å². The minimum Gasteiger partial charge on any atom is -0.507 e. The van der Waals surface area contributed by atoms with E-state index in [1.165, 1.54) is 0 Å². The molecule has 124 valence electrons. The highest BCUT2D eigenvalue weighted by molar-refractivity contribution is 6.04. The topological polar surface area (TPSA) is 64.9 Å². The van der Waals surface area contributed by atoms with Crippen LogP contribution in [0.2, 0.25) is 0 Å². The van der Waals surface area contributed by atoms with Gasteiger partial charge >= 0.3 is 0 Å². The fraction of sp³-hybridized carbons (Fsp3) is 0.263. The number of phenols is 1. The summed E-state index contributed by atoms with van der Waals surface area (Å²) in [6.45, 7) is 5.46. The molecule has 0 saturated heterocycles. The highest BCUT2D eigenvalue weighted by atomic mass is 16.3. The predicted octanol–water partition coefficient (Wildman–Crippen LogP) is 2.71. The van der Waals surface area contributed by atoms with Gasteiger partial charge in [-0.1, -0.05) is 30.3 Å². The third kappa shape index (κ3) is 3.25. The molecule has 1 aliphatic rings. The van der Waals surface area contributed by atoms with Crippen molar-refractivity contribution in [2.24, 2.45) is 4.99 Å². The number of amidine groups is 1. The van der Waals surface area contributed by atoms with E-state index in [0.29, 0.717) is 24.5 Å². The van der Waals surface area contributed by atoms with E-state index >= 15 is 0 Å². The molecule has 0 unspecified atom stereocenters. The zero-order chi connectivity index (χ0) is 17.1. The first-order chi connectivity index (χ1) is 11.6. The largest absolute Gasteiger partial charge is 0.507 e. The second kappa shape index (κ2) is 6.74. The fourth-order valence-corrected chi connectivity index (χ4v) is 2.92. The molecule has 0 radical (unpaired) electrons. The summed E-state index contributed by atoms with van der Waals surface area (Å²) in [5.41, 5.74) is 3.61. The van der Waals surface area contributed by atoms with Gasteiger partial charge in [-0.2, -0.15) is 0 Å². The Labute approximate surface area is 141 Å². The number of rotatable bonds is 4. The molecule has 1 amide bonds. The number of benzene rings is 2. The van der Waals surface area contributed by atoms with Crippen molar-refractivity contribution < 1.29 is 9.90 Å². The van der Waals surface area contributed by atoms with E-state index in [4.69, 9.17) is 0 Å². The maximum absolute atomic E-state index is 12.5. The Kier molecular flexibility index (Phi) is 4.51. The number of hydrogen-bond donors (Lipinski definition) is 2. The number of phenolic OH excluding ortho intramolecular Hbond substituents is 1. The van der Waals surface area contributed by atoms with Crippen molar-refractivity contribution in [1.82, 2.24) is 4.90 Å². The minimum atomic E-state index is -0.0857. The number of amides is 1. The quantitative estimate of drug-likeness (QED) is 0.909. The molecule has 5 nitrogen and oxygen atoms in total. The van der Waals surface area contributed by atoms with Gasteiger partial charge in [0, 0.05) is 12.2 Å². The summed E-state index contributed by atoms with van der Waals surface area (Å²) in [5, 5.41) is 13.0. The summed E-state index contributed by atoms with van der Waals surface area (Å²) in [5.74, 6) is 0.764. The molecule has 0 saturated carbocycles. The zero-order valence-corrected chi connectivity index (χ0v) is 13.9. The van der Waals surface area contributed by atoms with Crippen LogP contribution in [-0.2, 0) is 4.79 Å².